The maximum absolute atomic E-state index is 12.4. The van der Waals surface area contributed by atoms with Gasteiger partial charge in [-0.3, -0.25) is 20.4 Å². The van der Waals surface area contributed by atoms with Crippen molar-refractivity contribution in [2.75, 3.05) is 32.6 Å². The molecule has 1 fully saturated rings. The molecule has 0 aromatic heterocycles. The van der Waals surface area contributed by atoms with E-state index in [1.807, 2.05) is 0 Å². The highest BCUT2D eigenvalue weighted by Gasteiger charge is 2.30. The zero-order valence-electron chi connectivity index (χ0n) is 18.6. The van der Waals surface area contributed by atoms with Gasteiger partial charge in [0.2, 0.25) is 15.9 Å². The molecule has 0 aliphatic carbocycles. The minimum atomic E-state index is -3.24. The number of piperidine rings is 1. The standard InChI is InChI=1S/C21H33N3O6S/c1-5-31(27,28)24-11-8-16(9-12-24)20(25)22-23-21(26)17-6-7-18(19(14-17)29-4)30-13-10-15(2)3/h6-7,14-16H,5,8-13H2,1-4H3,(H,22,25)(H,23,26). The Kier molecular flexibility index (Phi) is 9.12. The summed E-state index contributed by atoms with van der Waals surface area (Å²) in [4.78, 5) is 24.8. The zero-order chi connectivity index (χ0) is 23.0. The first kappa shape index (κ1) is 24.9. The van der Waals surface area contributed by atoms with Gasteiger partial charge in [-0.05, 0) is 50.3 Å². The third-order valence-corrected chi connectivity index (χ3v) is 7.14. The fraction of sp³-hybridized carbons (Fsp3) is 0.619. The van der Waals surface area contributed by atoms with Crippen LogP contribution in [0, 0.1) is 11.8 Å². The zero-order valence-corrected chi connectivity index (χ0v) is 19.5. The second-order valence-corrected chi connectivity index (χ2v) is 10.2. The molecule has 0 spiro atoms. The number of ether oxygens (including phenoxy) is 2. The topological polar surface area (TPSA) is 114 Å². The molecule has 0 atom stereocenters. The smallest absolute Gasteiger partial charge is 0.269 e. The van der Waals surface area contributed by atoms with Crippen LogP contribution in [0.25, 0.3) is 0 Å². The molecule has 1 aromatic rings. The van der Waals surface area contributed by atoms with E-state index < -0.39 is 15.9 Å². The Morgan fingerprint density at radius 2 is 1.84 bits per heavy atom. The Labute approximate surface area is 184 Å². The summed E-state index contributed by atoms with van der Waals surface area (Å²) < 4.78 is 36.3. The summed E-state index contributed by atoms with van der Waals surface area (Å²) in [5.41, 5.74) is 5.17. The molecule has 0 unspecified atom stereocenters. The van der Waals surface area contributed by atoms with Gasteiger partial charge in [0.25, 0.3) is 5.91 Å². The lowest BCUT2D eigenvalue weighted by Crippen LogP contribution is -2.48. The van der Waals surface area contributed by atoms with E-state index in [-0.39, 0.29) is 17.6 Å². The number of hydrazine groups is 1. The van der Waals surface area contributed by atoms with E-state index in [0.717, 1.165) is 6.42 Å². The van der Waals surface area contributed by atoms with Gasteiger partial charge in [0, 0.05) is 24.6 Å². The Balaban J connectivity index is 1.87. The predicted octanol–water partition coefficient (Wildman–Crippen LogP) is 1.94. The lowest BCUT2D eigenvalue weighted by molar-refractivity contribution is -0.126. The van der Waals surface area contributed by atoms with Gasteiger partial charge in [0.05, 0.1) is 19.5 Å². The van der Waals surface area contributed by atoms with Crippen molar-refractivity contribution in [3.05, 3.63) is 23.8 Å². The summed E-state index contributed by atoms with van der Waals surface area (Å²) in [6.45, 7) is 6.98. The van der Waals surface area contributed by atoms with E-state index in [4.69, 9.17) is 9.47 Å². The fourth-order valence-electron chi connectivity index (χ4n) is 3.20. The summed E-state index contributed by atoms with van der Waals surface area (Å²) in [7, 11) is -1.74. The molecule has 0 radical (unpaired) electrons. The number of hydrogen-bond donors (Lipinski definition) is 2. The maximum Gasteiger partial charge on any atom is 0.269 e. The molecule has 1 heterocycles. The normalized spacial score (nSPS) is 15.5. The van der Waals surface area contributed by atoms with E-state index in [2.05, 4.69) is 24.7 Å². The van der Waals surface area contributed by atoms with E-state index in [1.165, 1.54) is 11.4 Å². The number of sulfonamides is 1. The Hall–Kier alpha value is -2.33. The first-order chi connectivity index (χ1) is 14.7. The van der Waals surface area contributed by atoms with Gasteiger partial charge >= 0.3 is 0 Å². The number of nitrogens with one attached hydrogen (secondary N) is 2. The average Bonchev–Trinajstić information content (AvgIpc) is 2.77. The van der Waals surface area contributed by atoms with Crippen molar-refractivity contribution in [1.82, 2.24) is 15.2 Å². The van der Waals surface area contributed by atoms with Crippen LogP contribution >= 0.6 is 0 Å². The van der Waals surface area contributed by atoms with Gasteiger partial charge in [0.1, 0.15) is 0 Å². The number of carbonyl (C=O) groups is 2. The van der Waals surface area contributed by atoms with Gasteiger partial charge in [-0.15, -0.1) is 0 Å². The molecule has 9 nitrogen and oxygen atoms in total. The second-order valence-electron chi connectivity index (χ2n) is 7.91. The molecule has 0 saturated carbocycles. The maximum atomic E-state index is 12.4. The number of hydrogen-bond acceptors (Lipinski definition) is 6. The first-order valence-electron chi connectivity index (χ1n) is 10.6. The van der Waals surface area contributed by atoms with E-state index in [9.17, 15) is 18.0 Å². The number of methoxy groups -OCH3 is 1. The first-order valence-corrected chi connectivity index (χ1v) is 12.2. The molecular weight excluding hydrogens is 422 g/mol. The van der Waals surface area contributed by atoms with Crippen molar-refractivity contribution in [1.29, 1.82) is 0 Å². The monoisotopic (exact) mass is 455 g/mol. The molecule has 2 N–H and O–H groups in total. The highest BCUT2D eigenvalue weighted by molar-refractivity contribution is 7.89. The molecule has 1 saturated heterocycles. The quantitative estimate of drug-likeness (QED) is 0.550. The van der Waals surface area contributed by atoms with Crippen molar-refractivity contribution in [2.45, 2.75) is 40.0 Å². The number of amides is 2. The molecule has 174 valence electrons. The van der Waals surface area contributed by atoms with Crippen LogP contribution in [0.4, 0.5) is 0 Å². The van der Waals surface area contributed by atoms with Crippen LogP contribution in [0.15, 0.2) is 18.2 Å². The lowest BCUT2D eigenvalue weighted by atomic mass is 9.98. The summed E-state index contributed by atoms with van der Waals surface area (Å²) in [5, 5.41) is 0. The van der Waals surface area contributed by atoms with Crippen molar-refractivity contribution in [2.24, 2.45) is 11.8 Å². The van der Waals surface area contributed by atoms with Crippen LogP contribution in [0.1, 0.15) is 50.4 Å². The van der Waals surface area contributed by atoms with Crippen molar-refractivity contribution in [3.8, 4) is 11.5 Å². The van der Waals surface area contributed by atoms with Crippen molar-refractivity contribution < 1.29 is 27.5 Å². The number of carbonyl (C=O) groups excluding carboxylic acids is 2. The van der Waals surface area contributed by atoms with Gasteiger partial charge in [-0.25, -0.2) is 12.7 Å². The van der Waals surface area contributed by atoms with Crippen LogP contribution in [0.2, 0.25) is 0 Å². The van der Waals surface area contributed by atoms with Crippen LogP contribution in [-0.2, 0) is 14.8 Å². The Morgan fingerprint density at radius 3 is 2.42 bits per heavy atom. The minimum Gasteiger partial charge on any atom is -0.493 e. The largest absolute Gasteiger partial charge is 0.493 e. The van der Waals surface area contributed by atoms with Crippen LogP contribution < -0.4 is 20.3 Å². The van der Waals surface area contributed by atoms with Gasteiger partial charge in [0.15, 0.2) is 11.5 Å². The third kappa shape index (κ3) is 7.10. The molecule has 1 aromatic carbocycles. The summed E-state index contributed by atoms with van der Waals surface area (Å²) in [6.07, 6.45) is 1.73. The minimum absolute atomic E-state index is 0.0466. The third-order valence-electron chi connectivity index (χ3n) is 5.26. The average molecular weight is 456 g/mol. The SMILES string of the molecule is CCS(=O)(=O)N1CCC(C(=O)NNC(=O)c2ccc(OCCC(C)C)c(OC)c2)CC1. The van der Waals surface area contributed by atoms with E-state index >= 15 is 0 Å². The molecule has 10 heteroatoms. The number of rotatable bonds is 9. The van der Waals surface area contributed by atoms with Crippen LogP contribution in [0.5, 0.6) is 11.5 Å². The molecule has 2 amide bonds. The van der Waals surface area contributed by atoms with Crippen molar-refractivity contribution in [3.63, 3.8) is 0 Å². The van der Waals surface area contributed by atoms with Crippen molar-refractivity contribution >= 4 is 21.8 Å². The number of nitrogens with zero attached hydrogens (tertiary/aromatic N) is 1. The predicted molar refractivity (Wildman–Crippen MR) is 117 cm³/mol. The van der Waals surface area contributed by atoms with E-state index in [0.29, 0.717) is 55.5 Å². The molecule has 0 bridgehead atoms. The lowest BCUT2D eigenvalue weighted by Gasteiger charge is -2.30. The highest BCUT2D eigenvalue weighted by Crippen LogP contribution is 2.28. The number of benzene rings is 1. The van der Waals surface area contributed by atoms with E-state index in [1.54, 1.807) is 25.1 Å². The molecule has 2 rings (SSSR count). The summed E-state index contributed by atoms with van der Waals surface area (Å²) >= 11 is 0. The summed E-state index contributed by atoms with van der Waals surface area (Å²) in [6, 6.07) is 4.82. The van der Waals surface area contributed by atoms with Gasteiger partial charge in [-0.1, -0.05) is 13.8 Å². The highest BCUT2D eigenvalue weighted by atomic mass is 32.2. The fourth-order valence-corrected chi connectivity index (χ4v) is 4.34. The molecule has 1 aliphatic rings. The Bertz CT molecular complexity index is 864. The van der Waals surface area contributed by atoms with Crippen LogP contribution in [-0.4, -0.2) is 57.1 Å². The molecule has 31 heavy (non-hydrogen) atoms. The second kappa shape index (κ2) is 11.3. The van der Waals surface area contributed by atoms with Gasteiger partial charge < -0.3 is 9.47 Å². The molecule has 1 aliphatic heterocycles. The van der Waals surface area contributed by atoms with Gasteiger partial charge in [-0.2, -0.15) is 0 Å². The summed E-state index contributed by atoms with van der Waals surface area (Å²) in [5.74, 6) is 0.391. The molecular formula is C21H33N3O6S. The van der Waals surface area contributed by atoms with Crippen LogP contribution in [0.3, 0.4) is 0 Å². The Morgan fingerprint density at radius 1 is 1.16 bits per heavy atom.